The van der Waals surface area contributed by atoms with E-state index >= 15 is 0 Å². The lowest BCUT2D eigenvalue weighted by molar-refractivity contribution is 0.0965. The van der Waals surface area contributed by atoms with E-state index in [9.17, 15) is 9.59 Å². The van der Waals surface area contributed by atoms with Crippen molar-refractivity contribution in [3.63, 3.8) is 0 Å². The Labute approximate surface area is 81.1 Å². The number of rotatable bonds is 1. The van der Waals surface area contributed by atoms with Gasteiger partial charge in [0.1, 0.15) is 0 Å². The molecule has 1 heterocycles. The van der Waals surface area contributed by atoms with Gasteiger partial charge < -0.3 is 5.73 Å². The molecule has 0 spiro atoms. The van der Waals surface area contributed by atoms with Crippen LogP contribution in [0.15, 0.2) is 0 Å². The van der Waals surface area contributed by atoms with Crippen LogP contribution in [-0.2, 0) is 7.05 Å². The molecule has 0 aliphatic rings. The molecule has 3 amide bonds. The summed E-state index contributed by atoms with van der Waals surface area (Å²) in [5, 5.41) is 6.04. The second kappa shape index (κ2) is 3.49. The van der Waals surface area contributed by atoms with Gasteiger partial charge in [0.15, 0.2) is 0 Å². The second-order valence-electron chi connectivity index (χ2n) is 2.99. The van der Waals surface area contributed by atoms with E-state index in [1.165, 1.54) is 0 Å². The zero-order valence-corrected chi connectivity index (χ0v) is 8.29. The number of amides is 3. The average molecular weight is 196 g/mol. The fourth-order valence-corrected chi connectivity index (χ4v) is 1.28. The van der Waals surface area contributed by atoms with Gasteiger partial charge in [0.2, 0.25) is 0 Å². The number of aryl methyl sites for hydroxylation is 2. The largest absolute Gasteiger partial charge is 0.351 e. The molecule has 0 fully saturated rings. The number of nitrogens with zero attached hydrogens (tertiary/aromatic N) is 2. The summed E-state index contributed by atoms with van der Waals surface area (Å²) in [7, 11) is 1.73. The molecule has 0 bridgehead atoms. The number of nitrogens with one attached hydrogen (secondary N) is 1. The SMILES string of the molecule is Cc1nn(C)c(C)c1C(=O)NC(N)=O. The van der Waals surface area contributed by atoms with Crippen molar-refractivity contribution in [1.29, 1.82) is 0 Å². The number of nitrogens with two attached hydrogens (primary N) is 1. The van der Waals surface area contributed by atoms with Crippen LogP contribution in [0, 0.1) is 13.8 Å². The number of hydrogen-bond donors (Lipinski definition) is 2. The highest BCUT2D eigenvalue weighted by Crippen LogP contribution is 2.10. The molecule has 14 heavy (non-hydrogen) atoms. The van der Waals surface area contributed by atoms with E-state index in [1.54, 1.807) is 25.6 Å². The van der Waals surface area contributed by atoms with Crippen LogP contribution >= 0.6 is 0 Å². The zero-order chi connectivity index (χ0) is 10.9. The lowest BCUT2D eigenvalue weighted by atomic mass is 10.2. The number of hydrogen-bond acceptors (Lipinski definition) is 3. The van der Waals surface area contributed by atoms with Crippen LogP contribution < -0.4 is 11.1 Å². The summed E-state index contributed by atoms with van der Waals surface area (Å²) in [5.41, 5.74) is 6.50. The van der Waals surface area contributed by atoms with Crippen LogP contribution in [0.1, 0.15) is 21.7 Å². The maximum absolute atomic E-state index is 11.4. The highest BCUT2D eigenvalue weighted by atomic mass is 16.2. The van der Waals surface area contributed by atoms with Crippen LogP contribution in [0.2, 0.25) is 0 Å². The molecule has 1 aromatic heterocycles. The maximum atomic E-state index is 11.4. The molecule has 1 aromatic rings. The second-order valence-corrected chi connectivity index (χ2v) is 2.99. The molecular weight excluding hydrogens is 184 g/mol. The summed E-state index contributed by atoms with van der Waals surface area (Å²) in [4.78, 5) is 21.9. The monoisotopic (exact) mass is 196 g/mol. The number of primary amides is 1. The van der Waals surface area contributed by atoms with Gasteiger partial charge in [-0.15, -0.1) is 0 Å². The molecule has 0 aliphatic carbocycles. The molecule has 0 unspecified atom stereocenters. The Kier molecular flexibility index (Phi) is 2.55. The maximum Gasteiger partial charge on any atom is 0.319 e. The number of urea groups is 1. The molecule has 0 radical (unpaired) electrons. The molecule has 76 valence electrons. The van der Waals surface area contributed by atoms with Gasteiger partial charge in [-0.2, -0.15) is 5.10 Å². The van der Waals surface area contributed by atoms with Crippen molar-refractivity contribution < 1.29 is 9.59 Å². The van der Waals surface area contributed by atoms with Crippen molar-refractivity contribution in [3.05, 3.63) is 17.0 Å². The first-order valence-corrected chi connectivity index (χ1v) is 4.04. The summed E-state index contributed by atoms with van der Waals surface area (Å²) in [6.45, 7) is 3.44. The summed E-state index contributed by atoms with van der Waals surface area (Å²) in [6, 6.07) is -0.863. The average Bonchev–Trinajstić information content (AvgIpc) is 2.25. The molecule has 0 saturated heterocycles. The van der Waals surface area contributed by atoms with E-state index in [-0.39, 0.29) is 0 Å². The quantitative estimate of drug-likeness (QED) is 0.654. The van der Waals surface area contributed by atoms with Crippen LogP contribution in [0.3, 0.4) is 0 Å². The Balaban J connectivity index is 3.06. The van der Waals surface area contributed by atoms with Gasteiger partial charge in [-0.25, -0.2) is 4.79 Å². The van der Waals surface area contributed by atoms with Crippen LogP contribution in [0.25, 0.3) is 0 Å². The van der Waals surface area contributed by atoms with Crippen molar-refractivity contribution in [1.82, 2.24) is 15.1 Å². The highest BCUT2D eigenvalue weighted by Gasteiger charge is 2.17. The minimum absolute atomic E-state index is 0.395. The fraction of sp³-hybridized carbons (Fsp3) is 0.375. The van der Waals surface area contributed by atoms with E-state index in [1.807, 2.05) is 5.32 Å². The van der Waals surface area contributed by atoms with Crippen LogP contribution in [0.5, 0.6) is 0 Å². The van der Waals surface area contributed by atoms with E-state index in [0.717, 1.165) is 0 Å². The van der Waals surface area contributed by atoms with Crippen molar-refractivity contribution in [3.8, 4) is 0 Å². The first-order chi connectivity index (χ1) is 6.43. The normalized spacial score (nSPS) is 9.93. The van der Waals surface area contributed by atoms with Gasteiger partial charge in [0, 0.05) is 12.7 Å². The molecule has 0 atom stereocenters. The molecule has 6 heteroatoms. The van der Waals surface area contributed by atoms with E-state index in [2.05, 4.69) is 5.10 Å². The molecule has 0 saturated carbocycles. The number of carbonyl (C=O) groups is 2. The molecule has 1 rings (SSSR count). The molecule has 3 N–H and O–H groups in total. The summed E-state index contributed by atoms with van der Waals surface area (Å²) >= 11 is 0. The minimum Gasteiger partial charge on any atom is -0.351 e. The summed E-state index contributed by atoms with van der Waals surface area (Å²) < 4.78 is 1.57. The zero-order valence-electron chi connectivity index (χ0n) is 8.29. The predicted octanol–water partition coefficient (Wildman–Crippen LogP) is -0.155. The Hall–Kier alpha value is -1.85. The lowest BCUT2D eigenvalue weighted by Crippen LogP contribution is -2.35. The summed E-state index contributed by atoms with van der Waals surface area (Å²) in [6.07, 6.45) is 0. The van der Waals surface area contributed by atoms with Crippen LogP contribution in [0.4, 0.5) is 4.79 Å². The standard InChI is InChI=1S/C8H12N4O2/c1-4-6(5(2)12(3)11-4)7(13)10-8(9)14/h1-3H3,(H3,9,10,13,14). The van der Waals surface area contributed by atoms with Crippen molar-refractivity contribution in [2.75, 3.05) is 0 Å². The topological polar surface area (TPSA) is 90.0 Å². The van der Waals surface area contributed by atoms with Crippen LogP contribution in [-0.4, -0.2) is 21.7 Å². The Morgan fingerprint density at radius 3 is 2.36 bits per heavy atom. The number of aromatic nitrogens is 2. The first-order valence-electron chi connectivity index (χ1n) is 4.04. The van der Waals surface area contributed by atoms with Gasteiger partial charge in [-0.3, -0.25) is 14.8 Å². The predicted molar refractivity (Wildman–Crippen MR) is 49.7 cm³/mol. The lowest BCUT2D eigenvalue weighted by Gasteiger charge is -2.00. The number of imide groups is 1. The Morgan fingerprint density at radius 1 is 1.43 bits per heavy atom. The third kappa shape index (κ3) is 1.73. The Morgan fingerprint density at radius 2 is 2.00 bits per heavy atom. The van der Waals surface area contributed by atoms with E-state index < -0.39 is 11.9 Å². The third-order valence-corrected chi connectivity index (χ3v) is 1.97. The summed E-state index contributed by atoms with van der Waals surface area (Å²) in [5.74, 6) is -0.513. The molecule has 6 nitrogen and oxygen atoms in total. The molecule has 0 aliphatic heterocycles. The fourth-order valence-electron chi connectivity index (χ4n) is 1.28. The smallest absolute Gasteiger partial charge is 0.319 e. The molecule has 0 aromatic carbocycles. The van der Waals surface area contributed by atoms with Crippen molar-refractivity contribution in [2.45, 2.75) is 13.8 Å². The highest BCUT2D eigenvalue weighted by molar-refractivity contribution is 6.05. The van der Waals surface area contributed by atoms with Gasteiger partial charge in [0.05, 0.1) is 11.3 Å². The molecular formula is C8H12N4O2. The van der Waals surface area contributed by atoms with Crippen molar-refractivity contribution >= 4 is 11.9 Å². The third-order valence-electron chi connectivity index (χ3n) is 1.97. The van der Waals surface area contributed by atoms with Gasteiger partial charge in [-0.05, 0) is 13.8 Å². The number of carbonyl (C=O) groups excluding carboxylic acids is 2. The van der Waals surface area contributed by atoms with Gasteiger partial charge in [-0.1, -0.05) is 0 Å². The van der Waals surface area contributed by atoms with Gasteiger partial charge >= 0.3 is 6.03 Å². The van der Waals surface area contributed by atoms with Crippen molar-refractivity contribution in [2.24, 2.45) is 12.8 Å². The van der Waals surface area contributed by atoms with E-state index in [4.69, 9.17) is 5.73 Å². The minimum atomic E-state index is -0.863. The Bertz CT molecular complexity index is 394. The first kappa shape index (κ1) is 10.2. The van der Waals surface area contributed by atoms with E-state index in [0.29, 0.717) is 17.0 Å². The van der Waals surface area contributed by atoms with Gasteiger partial charge in [0.25, 0.3) is 5.91 Å².